The predicted molar refractivity (Wildman–Crippen MR) is 66.5 cm³/mol. The van der Waals surface area contributed by atoms with Crippen LogP contribution in [-0.4, -0.2) is 16.8 Å². The summed E-state index contributed by atoms with van der Waals surface area (Å²) >= 11 is 0. The standard InChI is InChI=1S/C12H17N3O2/c1-7(2)11(16)15-9-5-10(13-6-9)12(17)14-8(3)4/h5-7,13H,3H2,1-2,4H3,(H,14,17)(H,15,16). The molecule has 92 valence electrons. The van der Waals surface area contributed by atoms with Crippen LogP contribution in [-0.2, 0) is 4.79 Å². The minimum atomic E-state index is -0.275. The van der Waals surface area contributed by atoms with E-state index < -0.39 is 0 Å². The van der Waals surface area contributed by atoms with E-state index in [2.05, 4.69) is 22.2 Å². The summed E-state index contributed by atoms with van der Waals surface area (Å²) < 4.78 is 0. The van der Waals surface area contributed by atoms with E-state index in [-0.39, 0.29) is 17.7 Å². The van der Waals surface area contributed by atoms with Crippen LogP contribution in [0, 0.1) is 5.92 Å². The summed E-state index contributed by atoms with van der Waals surface area (Å²) in [6, 6.07) is 1.58. The number of carbonyl (C=O) groups excluding carboxylic acids is 2. The van der Waals surface area contributed by atoms with Gasteiger partial charge in [0.2, 0.25) is 5.91 Å². The van der Waals surface area contributed by atoms with E-state index in [0.717, 1.165) is 0 Å². The van der Waals surface area contributed by atoms with Crippen molar-refractivity contribution >= 4 is 17.5 Å². The smallest absolute Gasteiger partial charge is 0.271 e. The quantitative estimate of drug-likeness (QED) is 0.745. The van der Waals surface area contributed by atoms with Crippen LogP contribution in [0.3, 0.4) is 0 Å². The van der Waals surface area contributed by atoms with Gasteiger partial charge in [-0.15, -0.1) is 0 Å². The van der Waals surface area contributed by atoms with Crippen LogP contribution in [0.4, 0.5) is 5.69 Å². The zero-order valence-electron chi connectivity index (χ0n) is 10.3. The molecule has 0 aliphatic carbocycles. The fourth-order valence-corrected chi connectivity index (χ4v) is 1.15. The van der Waals surface area contributed by atoms with Crippen molar-refractivity contribution in [1.82, 2.24) is 10.3 Å². The van der Waals surface area contributed by atoms with E-state index in [0.29, 0.717) is 17.1 Å². The fraction of sp³-hybridized carbons (Fsp3) is 0.333. The third-order valence-electron chi connectivity index (χ3n) is 2.05. The lowest BCUT2D eigenvalue weighted by Crippen LogP contribution is -2.21. The van der Waals surface area contributed by atoms with Crippen LogP contribution in [0.5, 0.6) is 0 Å². The van der Waals surface area contributed by atoms with E-state index in [9.17, 15) is 9.59 Å². The average Bonchev–Trinajstić information content (AvgIpc) is 2.65. The minimum absolute atomic E-state index is 0.0872. The van der Waals surface area contributed by atoms with Gasteiger partial charge < -0.3 is 15.6 Å². The Balaban J connectivity index is 2.68. The maximum atomic E-state index is 11.6. The van der Waals surface area contributed by atoms with Crippen molar-refractivity contribution in [2.75, 3.05) is 5.32 Å². The second kappa shape index (κ2) is 5.34. The van der Waals surface area contributed by atoms with E-state index in [1.54, 1.807) is 33.0 Å². The van der Waals surface area contributed by atoms with Crippen molar-refractivity contribution in [2.24, 2.45) is 5.92 Å². The third-order valence-corrected chi connectivity index (χ3v) is 2.05. The molecular weight excluding hydrogens is 218 g/mol. The van der Waals surface area contributed by atoms with E-state index >= 15 is 0 Å². The van der Waals surface area contributed by atoms with Crippen molar-refractivity contribution in [1.29, 1.82) is 0 Å². The summed E-state index contributed by atoms with van der Waals surface area (Å²) in [6.45, 7) is 8.88. The first-order chi connectivity index (χ1) is 7.90. The third kappa shape index (κ3) is 3.79. The molecule has 0 radical (unpaired) electrons. The summed E-state index contributed by atoms with van der Waals surface area (Å²) in [5.74, 6) is -0.462. The van der Waals surface area contributed by atoms with Gasteiger partial charge in [0.25, 0.3) is 5.91 Å². The lowest BCUT2D eigenvalue weighted by atomic mass is 10.2. The minimum Gasteiger partial charge on any atom is -0.355 e. The molecule has 5 nitrogen and oxygen atoms in total. The van der Waals surface area contributed by atoms with Gasteiger partial charge in [0.05, 0.1) is 5.69 Å². The van der Waals surface area contributed by atoms with Crippen molar-refractivity contribution in [3.63, 3.8) is 0 Å². The highest BCUT2D eigenvalue weighted by atomic mass is 16.2. The van der Waals surface area contributed by atoms with Crippen LogP contribution in [0.1, 0.15) is 31.3 Å². The van der Waals surface area contributed by atoms with Crippen molar-refractivity contribution in [3.8, 4) is 0 Å². The van der Waals surface area contributed by atoms with E-state index in [1.807, 2.05) is 0 Å². The van der Waals surface area contributed by atoms with Crippen molar-refractivity contribution in [3.05, 3.63) is 30.2 Å². The van der Waals surface area contributed by atoms with Crippen LogP contribution in [0.2, 0.25) is 0 Å². The van der Waals surface area contributed by atoms with E-state index in [1.165, 1.54) is 0 Å². The summed E-state index contributed by atoms with van der Waals surface area (Å²) in [4.78, 5) is 25.8. The molecular formula is C12H17N3O2. The molecule has 0 aliphatic rings. The highest BCUT2D eigenvalue weighted by Crippen LogP contribution is 2.11. The fourth-order valence-electron chi connectivity index (χ4n) is 1.15. The largest absolute Gasteiger partial charge is 0.355 e. The maximum Gasteiger partial charge on any atom is 0.271 e. The van der Waals surface area contributed by atoms with Gasteiger partial charge in [0.1, 0.15) is 5.69 Å². The number of anilines is 1. The number of allylic oxidation sites excluding steroid dienone is 1. The normalized spacial score (nSPS) is 10.1. The molecule has 3 N–H and O–H groups in total. The number of carbonyl (C=O) groups is 2. The van der Waals surface area contributed by atoms with Gasteiger partial charge in [-0.3, -0.25) is 9.59 Å². The Bertz CT molecular complexity index is 446. The highest BCUT2D eigenvalue weighted by molar-refractivity contribution is 5.97. The molecule has 1 rings (SSSR count). The Morgan fingerprint density at radius 3 is 2.59 bits per heavy atom. The average molecular weight is 235 g/mol. The van der Waals surface area contributed by atoms with Crippen molar-refractivity contribution in [2.45, 2.75) is 20.8 Å². The summed E-state index contributed by atoms with van der Waals surface area (Å²) in [6.07, 6.45) is 1.58. The first-order valence-electron chi connectivity index (χ1n) is 5.36. The number of hydrogen-bond acceptors (Lipinski definition) is 2. The van der Waals surface area contributed by atoms with Gasteiger partial charge in [0.15, 0.2) is 0 Å². The molecule has 2 amide bonds. The number of H-pyrrole nitrogens is 1. The SMILES string of the molecule is C=C(C)NC(=O)c1cc(NC(=O)C(C)C)c[nH]1. The van der Waals surface area contributed by atoms with Crippen LogP contribution < -0.4 is 10.6 Å². The predicted octanol–water partition coefficient (Wildman–Crippen LogP) is 1.87. The van der Waals surface area contributed by atoms with Crippen molar-refractivity contribution < 1.29 is 9.59 Å². The highest BCUT2D eigenvalue weighted by Gasteiger charge is 2.11. The molecule has 0 saturated heterocycles. The molecule has 0 aliphatic heterocycles. The van der Waals surface area contributed by atoms with Crippen LogP contribution in [0.15, 0.2) is 24.5 Å². The molecule has 1 heterocycles. The number of hydrogen-bond donors (Lipinski definition) is 3. The molecule has 0 fully saturated rings. The summed E-state index contributed by atoms with van der Waals surface area (Å²) in [5.41, 5.74) is 1.53. The summed E-state index contributed by atoms with van der Waals surface area (Å²) in [7, 11) is 0. The second-order valence-electron chi connectivity index (χ2n) is 4.18. The number of rotatable bonds is 4. The Kier molecular flexibility index (Phi) is 4.09. The molecule has 0 spiro atoms. The van der Waals surface area contributed by atoms with Gasteiger partial charge in [-0.05, 0) is 13.0 Å². The molecule has 0 bridgehead atoms. The molecule has 0 aromatic carbocycles. The first-order valence-corrected chi connectivity index (χ1v) is 5.36. The Hall–Kier alpha value is -2.04. The summed E-state index contributed by atoms with van der Waals surface area (Å²) in [5, 5.41) is 5.27. The molecule has 5 heteroatoms. The zero-order chi connectivity index (χ0) is 13.0. The first kappa shape index (κ1) is 13.0. The molecule has 0 saturated carbocycles. The topological polar surface area (TPSA) is 74.0 Å². The van der Waals surface area contributed by atoms with E-state index in [4.69, 9.17) is 0 Å². The van der Waals surface area contributed by atoms with Gasteiger partial charge >= 0.3 is 0 Å². The van der Waals surface area contributed by atoms with Gasteiger partial charge in [0, 0.05) is 17.8 Å². The number of amides is 2. The Morgan fingerprint density at radius 2 is 2.06 bits per heavy atom. The Morgan fingerprint density at radius 1 is 1.41 bits per heavy atom. The number of aromatic nitrogens is 1. The lowest BCUT2D eigenvalue weighted by molar-refractivity contribution is -0.118. The Labute approximate surface area is 100 Å². The number of aromatic amines is 1. The monoisotopic (exact) mass is 235 g/mol. The molecule has 1 aromatic heterocycles. The van der Waals surface area contributed by atoms with Crippen LogP contribution in [0.25, 0.3) is 0 Å². The van der Waals surface area contributed by atoms with Crippen LogP contribution >= 0.6 is 0 Å². The molecule has 0 atom stereocenters. The molecule has 0 unspecified atom stereocenters. The van der Waals surface area contributed by atoms with Gasteiger partial charge in [-0.1, -0.05) is 20.4 Å². The zero-order valence-corrected chi connectivity index (χ0v) is 10.3. The second-order valence-corrected chi connectivity index (χ2v) is 4.18. The number of nitrogens with one attached hydrogen (secondary N) is 3. The lowest BCUT2D eigenvalue weighted by Gasteiger charge is -2.04. The molecule has 1 aromatic rings. The van der Waals surface area contributed by atoms with Gasteiger partial charge in [-0.25, -0.2) is 0 Å². The van der Waals surface area contributed by atoms with Gasteiger partial charge in [-0.2, -0.15) is 0 Å². The maximum absolute atomic E-state index is 11.6. The molecule has 17 heavy (non-hydrogen) atoms.